The molecule has 39 heavy (non-hydrogen) atoms. The van der Waals surface area contributed by atoms with E-state index in [-0.39, 0.29) is 19.4 Å². The summed E-state index contributed by atoms with van der Waals surface area (Å²) in [6.45, 7) is 5.39. The minimum atomic E-state index is -3.59. The van der Waals surface area contributed by atoms with Crippen molar-refractivity contribution in [3.63, 3.8) is 0 Å². The number of unbranched alkanes of at least 4 members (excludes halogenated alkanes) is 11. The normalized spacial score (nSPS) is 18.1. The number of carbonyl (C=O) groups excluding carboxylic acids is 2. The number of hydrogen-bond acceptors (Lipinski definition) is 7. The molecular weight excluding hydrogens is 590 g/mol. The number of hydrazine groups is 1. The zero-order chi connectivity index (χ0) is 29.2. The highest BCUT2D eigenvalue weighted by Gasteiger charge is 2.46. The van der Waals surface area contributed by atoms with Crippen LogP contribution in [0.5, 0.6) is 0 Å². The average Bonchev–Trinajstić information content (AvgIpc) is 3.14. The molecule has 1 saturated heterocycles. The highest BCUT2D eigenvalue weighted by Crippen LogP contribution is 2.50. The topological polar surface area (TPSA) is 103 Å². The van der Waals surface area contributed by atoms with Crippen LogP contribution in [0.4, 0.5) is 9.59 Å². The molecule has 0 radical (unpaired) electrons. The Morgan fingerprint density at radius 2 is 1.51 bits per heavy atom. The Bertz CT molecular complexity index is 773. The van der Waals surface area contributed by atoms with Gasteiger partial charge in [0.05, 0.1) is 19.4 Å². The molecule has 0 aliphatic carbocycles. The van der Waals surface area contributed by atoms with E-state index in [1.165, 1.54) is 57.8 Å². The molecule has 9 nitrogen and oxygen atoms in total. The predicted octanol–water partition coefficient (Wildman–Crippen LogP) is 8.71. The highest BCUT2D eigenvalue weighted by atomic mass is 35.6. The van der Waals surface area contributed by atoms with Crippen LogP contribution in [0.15, 0.2) is 12.2 Å². The monoisotopic (exact) mass is 634 g/mol. The smallest absolute Gasteiger partial charge is 0.429 e. The molecule has 0 aromatic heterocycles. The Hall–Kier alpha value is -0.700. The Morgan fingerprint density at radius 3 is 2.03 bits per heavy atom. The third-order valence-corrected chi connectivity index (χ3v) is 8.54. The van der Waals surface area contributed by atoms with Crippen LogP contribution in [-0.2, 0) is 23.1 Å². The number of nitrogens with one attached hydrogen (secondary N) is 1. The first-order chi connectivity index (χ1) is 18.5. The summed E-state index contributed by atoms with van der Waals surface area (Å²) in [4.78, 5) is 24.9. The van der Waals surface area contributed by atoms with Gasteiger partial charge in [0, 0.05) is 0 Å². The number of carbonyl (C=O) groups is 2. The Labute approximate surface area is 249 Å². The summed E-state index contributed by atoms with van der Waals surface area (Å²) in [5, 5.41) is 0.919. The SMILES string of the molecule is CCCCCCCCCCCCC/C=C/[C@H]1OC(=O)N(NC(=O)OCC(Cl)(Cl)Cl)[C@H]1CP(=O)(OCC)OCC. The molecule has 1 aliphatic heterocycles. The van der Waals surface area contributed by atoms with Crippen molar-refractivity contribution in [3.05, 3.63) is 12.2 Å². The van der Waals surface area contributed by atoms with E-state index in [1.54, 1.807) is 19.9 Å². The highest BCUT2D eigenvalue weighted by molar-refractivity contribution is 7.53. The van der Waals surface area contributed by atoms with Crippen LogP contribution < -0.4 is 5.43 Å². The first-order valence-electron chi connectivity index (χ1n) is 14.1. The lowest BCUT2D eigenvalue weighted by molar-refractivity contribution is 0.105. The van der Waals surface area contributed by atoms with Gasteiger partial charge < -0.3 is 18.5 Å². The van der Waals surface area contributed by atoms with Gasteiger partial charge in [-0.3, -0.25) is 4.57 Å². The standard InChI is InChI=1S/C26H46Cl3N2O7P/c1-4-7-8-9-10-11-12-13-14-15-16-17-18-19-23-22(20-39(34,36-5-2)37-6-3)31(25(33)38-23)30-24(32)35-21-26(27,28)29/h18-19,22-23H,4-17,20-21H2,1-3H3,(H,30,32)/b19-18+/t22-,23+/m0/s1. The van der Waals surface area contributed by atoms with Gasteiger partial charge in [-0.1, -0.05) is 112 Å². The third-order valence-electron chi connectivity index (χ3n) is 6.09. The van der Waals surface area contributed by atoms with Gasteiger partial charge in [-0.2, -0.15) is 0 Å². The predicted molar refractivity (Wildman–Crippen MR) is 157 cm³/mol. The summed E-state index contributed by atoms with van der Waals surface area (Å²) in [5.41, 5.74) is 2.29. The quantitative estimate of drug-likeness (QED) is 0.0582. The second-order valence-electron chi connectivity index (χ2n) is 9.47. The van der Waals surface area contributed by atoms with Crippen molar-refractivity contribution < 1.29 is 32.7 Å². The number of hydrogen-bond donors (Lipinski definition) is 1. The molecule has 1 fully saturated rings. The van der Waals surface area contributed by atoms with Gasteiger partial charge in [0.2, 0.25) is 3.79 Å². The van der Waals surface area contributed by atoms with E-state index >= 15 is 0 Å². The Kier molecular flexibility index (Phi) is 18.8. The van der Waals surface area contributed by atoms with E-state index in [0.29, 0.717) is 0 Å². The molecule has 1 heterocycles. The maximum Gasteiger partial charge on any atom is 0.429 e. The van der Waals surface area contributed by atoms with Crippen LogP contribution in [0, 0.1) is 0 Å². The van der Waals surface area contributed by atoms with Crippen molar-refractivity contribution >= 4 is 54.6 Å². The molecule has 1 N–H and O–H groups in total. The fraction of sp³-hybridized carbons (Fsp3) is 0.846. The molecule has 0 unspecified atom stereocenters. The van der Waals surface area contributed by atoms with Crippen molar-refractivity contribution in [2.24, 2.45) is 0 Å². The number of halogens is 3. The second kappa shape index (κ2) is 20.2. The largest absolute Gasteiger partial charge is 0.444 e. The minimum absolute atomic E-state index is 0.150. The molecule has 0 aromatic rings. The average molecular weight is 636 g/mol. The van der Waals surface area contributed by atoms with Crippen LogP contribution >= 0.6 is 42.4 Å². The fourth-order valence-electron chi connectivity index (χ4n) is 4.22. The van der Waals surface area contributed by atoms with E-state index < -0.39 is 42.3 Å². The maximum absolute atomic E-state index is 13.2. The molecule has 13 heteroatoms. The molecule has 2 atom stereocenters. The van der Waals surface area contributed by atoms with E-state index in [2.05, 4.69) is 12.3 Å². The van der Waals surface area contributed by atoms with Crippen LogP contribution in [0.2, 0.25) is 0 Å². The van der Waals surface area contributed by atoms with E-state index in [9.17, 15) is 14.2 Å². The van der Waals surface area contributed by atoms with Crippen molar-refractivity contribution in [2.75, 3.05) is 26.0 Å². The molecule has 0 saturated carbocycles. The van der Waals surface area contributed by atoms with Crippen LogP contribution in [0.3, 0.4) is 0 Å². The molecule has 0 spiro atoms. The fourth-order valence-corrected chi connectivity index (χ4v) is 6.28. The summed E-state index contributed by atoms with van der Waals surface area (Å²) in [7, 11) is -3.59. The van der Waals surface area contributed by atoms with Crippen LogP contribution in [-0.4, -0.2) is 59.1 Å². The summed E-state index contributed by atoms with van der Waals surface area (Å²) >= 11 is 16.9. The second-order valence-corrected chi connectivity index (χ2v) is 14.1. The molecule has 228 valence electrons. The van der Waals surface area contributed by atoms with E-state index in [1.807, 2.05) is 6.08 Å². The van der Waals surface area contributed by atoms with Crippen molar-refractivity contribution in [3.8, 4) is 0 Å². The van der Waals surface area contributed by atoms with E-state index in [4.69, 9.17) is 53.3 Å². The third kappa shape index (κ3) is 16.4. The van der Waals surface area contributed by atoms with Crippen molar-refractivity contribution in [2.45, 2.75) is 114 Å². The van der Waals surface area contributed by atoms with Gasteiger partial charge >= 0.3 is 19.8 Å². The Balaban J connectivity index is 2.64. The first kappa shape index (κ1) is 36.3. The number of cyclic esters (lactones) is 1. The maximum atomic E-state index is 13.2. The summed E-state index contributed by atoms with van der Waals surface area (Å²) in [6.07, 6.45) is 15.5. The van der Waals surface area contributed by atoms with Crippen molar-refractivity contribution in [1.29, 1.82) is 0 Å². The zero-order valence-electron chi connectivity index (χ0n) is 23.5. The van der Waals surface area contributed by atoms with Gasteiger partial charge in [0.25, 0.3) is 0 Å². The van der Waals surface area contributed by atoms with Gasteiger partial charge in [0.1, 0.15) is 18.8 Å². The van der Waals surface area contributed by atoms with Crippen LogP contribution in [0.1, 0.15) is 97.8 Å². The van der Waals surface area contributed by atoms with Gasteiger partial charge in [-0.05, 0) is 32.8 Å². The van der Waals surface area contributed by atoms with Crippen LogP contribution in [0.25, 0.3) is 0 Å². The van der Waals surface area contributed by atoms with Crippen molar-refractivity contribution in [1.82, 2.24) is 10.4 Å². The minimum Gasteiger partial charge on any atom is -0.444 e. The number of allylic oxidation sites excluding steroid dienone is 1. The molecule has 1 rings (SSSR count). The lowest BCUT2D eigenvalue weighted by Crippen LogP contribution is -2.50. The zero-order valence-corrected chi connectivity index (χ0v) is 26.7. The molecule has 1 aliphatic rings. The number of nitrogens with zero attached hydrogens (tertiary/aromatic N) is 1. The Morgan fingerprint density at radius 1 is 0.974 bits per heavy atom. The number of rotatable bonds is 21. The lowest BCUT2D eigenvalue weighted by atomic mass is 10.0. The lowest BCUT2D eigenvalue weighted by Gasteiger charge is -2.27. The molecule has 0 aromatic carbocycles. The van der Waals surface area contributed by atoms with Gasteiger partial charge in [0.15, 0.2) is 0 Å². The molecule has 0 bridgehead atoms. The summed E-state index contributed by atoms with van der Waals surface area (Å²) in [5.74, 6) is 0. The number of alkyl halides is 3. The summed E-state index contributed by atoms with van der Waals surface area (Å²) < 4.78 is 32.6. The summed E-state index contributed by atoms with van der Waals surface area (Å²) in [6, 6.07) is -0.865. The number of ether oxygens (including phenoxy) is 2. The van der Waals surface area contributed by atoms with Gasteiger partial charge in [-0.25, -0.2) is 20.0 Å². The van der Waals surface area contributed by atoms with Gasteiger partial charge in [-0.15, -0.1) is 0 Å². The van der Waals surface area contributed by atoms with E-state index in [0.717, 1.165) is 24.3 Å². The first-order valence-corrected chi connectivity index (χ1v) is 17.0. The number of amides is 2. The molecular formula is C26H46Cl3N2O7P. The molecule has 2 amide bonds.